The fourth-order valence-corrected chi connectivity index (χ4v) is 1.75. The van der Waals surface area contributed by atoms with Gasteiger partial charge in [0.25, 0.3) is 0 Å². The van der Waals surface area contributed by atoms with E-state index < -0.39 is 5.97 Å². The molecule has 0 aliphatic heterocycles. The number of carbonyl (C=O) groups is 2. The number of urea groups is 1. The summed E-state index contributed by atoms with van der Waals surface area (Å²) >= 11 is 0. The van der Waals surface area contributed by atoms with Gasteiger partial charge in [-0.3, -0.25) is 4.79 Å². The lowest BCUT2D eigenvalue weighted by molar-refractivity contribution is -0.137. The third kappa shape index (κ3) is 10.6. The van der Waals surface area contributed by atoms with E-state index in [9.17, 15) is 9.59 Å². The Balaban J connectivity index is 1.76. The maximum atomic E-state index is 11.4. The van der Waals surface area contributed by atoms with Crippen molar-refractivity contribution in [3.63, 3.8) is 0 Å². The van der Waals surface area contributed by atoms with Crippen LogP contribution in [-0.2, 0) is 9.53 Å². The zero-order valence-electron chi connectivity index (χ0n) is 12.0. The van der Waals surface area contributed by atoms with Crippen molar-refractivity contribution in [2.24, 2.45) is 5.92 Å². The van der Waals surface area contributed by atoms with Gasteiger partial charge < -0.3 is 20.5 Å². The van der Waals surface area contributed by atoms with Crippen LogP contribution in [0.2, 0.25) is 0 Å². The zero-order chi connectivity index (χ0) is 14.6. The normalized spacial score (nSPS) is 14.0. The number of carboxylic acids is 1. The van der Waals surface area contributed by atoms with E-state index in [1.165, 1.54) is 12.8 Å². The van der Waals surface area contributed by atoms with Crippen LogP contribution in [0.4, 0.5) is 4.79 Å². The Labute approximate surface area is 120 Å². The molecular weight excluding hydrogens is 260 g/mol. The van der Waals surface area contributed by atoms with Gasteiger partial charge in [-0.05, 0) is 38.0 Å². The van der Waals surface area contributed by atoms with Gasteiger partial charge in [0.15, 0.2) is 0 Å². The van der Waals surface area contributed by atoms with Gasteiger partial charge in [-0.1, -0.05) is 6.42 Å². The van der Waals surface area contributed by atoms with Crippen molar-refractivity contribution in [1.82, 2.24) is 10.6 Å². The van der Waals surface area contributed by atoms with Crippen molar-refractivity contribution < 1.29 is 19.4 Å². The molecule has 0 saturated heterocycles. The topological polar surface area (TPSA) is 87.7 Å². The highest BCUT2D eigenvalue weighted by Gasteiger charge is 2.20. The van der Waals surface area contributed by atoms with Gasteiger partial charge in [-0.25, -0.2) is 4.79 Å². The van der Waals surface area contributed by atoms with Crippen molar-refractivity contribution in [2.45, 2.75) is 44.9 Å². The molecule has 0 heterocycles. The third-order valence-electron chi connectivity index (χ3n) is 3.15. The Kier molecular flexibility index (Phi) is 8.78. The van der Waals surface area contributed by atoms with Crippen molar-refractivity contribution in [3.05, 3.63) is 0 Å². The average Bonchev–Trinajstić information content (AvgIpc) is 3.21. The Morgan fingerprint density at radius 3 is 2.40 bits per heavy atom. The molecule has 1 fully saturated rings. The second-order valence-electron chi connectivity index (χ2n) is 5.26. The third-order valence-corrected chi connectivity index (χ3v) is 3.15. The predicted octanol–water partition coefficient (Wildman–Crippen LogP) is 1.75. The molecule has 6 heteroatoms. The second-order valence-corrected chi connectivity index (χ2v) is 5.26. The van der Waals surface area contributed by atoms with E-state index in [1.807, 2.05) is 0 Å². The second kappa shape index (κ2) is 10.5. The first-order valence-corrected chi connectivity index (χ1v) is 7.49. The van der Waals surface area contributed by atoms with Gasteiger partial charge in [-0.2, -0.15) is 0 Å². The molecule has 3 N–H and O–H groups in total. The molecule has 0 aromatic heterocycles. The summed E-state index contributed by atoms with van der Waals surface area (Å²) in [6.45, 7) is 2.77. The van der Waals surface area contributed by atoms with E-state index >= 15 is 0 Å². The first-order valence-electron chi connectivity index (χ1n) is 7.49. The van der Waals surface area contributed by atoms with Gasteiger partial charge in [0, 0.05) is 32.7 Å². The number of amides is 2. The molecule has 0 radical (unpaired) electrons. The largest absolute Gasteiger partial charge is 0.481 e. The monoisotopic (exact) mass is 286 g/mol. The molecule has 1 saturated carbocycles. The van der Waals surface area contributed by atoms with Crippen LogP contribution in [0.15, 0.2) is 0 Å². The van der Waals surface area contributed by atoms with Gasteiger partial charge in [0.1, 0.15) is 0 Å². The number of hydrogen-bond acceptors (Lipinski definition) is 3. The Bertz CT molecular complexity index is 293. The summed E-state index contributed by atoms with van der Waals surface area (Å²) in [6.07, 6.45) is 5.93. The van der Waals surface area contributed by atoms with Crippen LogP contribution in [0, 0.1) is 5.92 Å². The van der Waals surface area contributed by atoms with Crippen LogP contribution in [0.5, 0.6) is 0 Å². The Morgan fingerprint density at radius 1 is 1.05 bits per heavy atom. The summed E-state index contributed by atoms with van der Waals surface area (Å²) in [5.74, 6) is 0.0204. The molecule has 20 heavy (non-hydrogen) atoms. The standard InChI is InChI=1S/C14H26N2O4/c17-13(18)5-2-1-3-8-15-14(19)16-9-4-10-20-11-12-6-7-12/h12H,1-11H2,(H,17,18)(H2,15,16,19). The van der Waals surface area contributed by atoms with Crippen molar-refractivity contribution >= 4 is 12.0 Å². The minimum Gasteiger partial charge on any atom is -0.481 e. The lowest BCUT2D eigenvalue weighted by Gasteiger charge is -2.07. The van der Waals surface area contributed by atoms with E-state index in [0.29, 0.717) is 26.1 Å². The number of hydrogen-bond donors (Lipinski definition) is 3. The fourth-order valence-electron chi connectivity index (χ4n) is 1.75. The van der Waals surface area contributed by atoms with Gasteiger partial charge >= 0.3 is 12.0 Å². The molecule has 0 bridgehead atoms. The van der Waals surface area contributed by atoms with Crippen LogP contribution in [0.1, 0.15) is 44.9 Å². The number of unbranched alkanes of at least 4 members (excludes halogenated alkanes) is 2. The molecule has 0 unspecified atom stereocenters. The van der Waals surface area contributed by atoms with Crippen LogP contribution >= 0.6 is 0 Å². The number of rotatable bonds is 12. The first kappa shape index (κ1) is 16.8. The SMILES string of the molecule is O=C(O)CCCCCNC(=O)NCCCOCC1CC1. The molecular formula is C14H26N2O4. The number of carbonyl (C=O) groups excluding carboxylic acids is 1. The molecule has 0 aromatic rings. The fraction of sp³-hybridized carbons (Fsp3) is 0.857. The van der Waals surface area contributed by atoms with Crippen LogP contribution < -0.4 is 10.6 Å². The average molecular weight is 286 g/mol. The molecule has 6 nitrogen and oxygen atoms in total. The van der Waals surface area contributed by atoms with Crippen LogP contribution in [0.3, 0.4) is 0 Å². The molecule has 116 valence electrons. The maximum absolute atomic E-state index is 11.4. The molecule has 1 aliphatic rings. The van der Waals surface area contributed by atoms with Crippen molar-refractivity contribution in [1.29, 1.82) is 0 Å². The molecule has 0 atom stereocenters. The van der Waals surface area contributed by atoms with Gasteiger partial charge in [-0.15, -0.1) is 0 Å². The minimum absolute atomic E-state index is 0.162. The molecule has 0 aromatic carbocycles. The van der Waals surface area contributed by atoms with E-state index in [0.717, 1.165) is 31.8 Å². The highest BCUT2D eigenvalue weighted by atomic mass is 16.5. The van der Waals surface area contributed by atoms with Gasteiger partial charge in [0.05, 0.1) is 0 Å². The van der Waals surface area contributed by atoms with Crippen LogP contribution in [-0.4, -0.2) is 43.4 Å². The molecule has 0 spiro atoms. The number of ether oxygens (including phenoxy) is 1. The van der Waals surface area contributed by atoms with E-state index in [1.54, 1.807) is 0 Å². The smallest absolute Gasteiger partial charge is 0.314 e. The summed E-state index contributed by atoms with van der Waals surface area (Å²) in [5, 5.41) is 14.0. The predicted molar refractivity (Wildman–Crippen MR) is 75.7 cm³/mol. The Morgan fingerprint density at radius 2 is 1.75 bits per heavy atom. The molecule has 2 amide bonds. The van der Waals surface area contributed by atoms with E-state index in [4.69, 9.17) is 9.84 Å². The number of aliphatic carboxylic acids is 1. The summed E-state index contributed by atoms with van der Waals surface area (Å²) < 4.78 is 5.46. The van der Waals surface area contributed by atoms with Crippen molar-refractivity contribution in [3.8, 4) is 0 Å². The summed E-state index contributed by atoms with van der Waals surface area (Å²) in [5.41, 5.74) is 0. The highest BCUT2D eigenvalue weighted by molar-refractivity contribution is 5.73. The summed E-state index contributed by atoms with van der Waals surface area (Å²) in [6, 6.07) is -0.162. The highest BCUT2D eigenvalue weighted by Crippen LogP contribution is 2.28. The zero-order valence-corrected chi connectivity index (χ0v) is 12.0. The van der Waals surface area contributed by atoms with E-state index in [-0.39, 0.29) is 12.5 Å². The minimum atomic E-state index is -0.764. The lowest BCUT2D eigenvalue weighted by Crippen LogP contribution is -2.36. The molecule has 1 rings (SSSR count). The van der Waals surface area contributed by atoms with Crippen LogP contribution in [0.25, 0.3) is 0 Å². The maximum Gasteiger partial charge on any atom is 0.314 e. The van der Waals surface area contributed by atoms with Crippen molar-refractivity contribution in [2.75, 3.05) is 26.3 Å². The first-order chi connectivity index (χ1) is 9.68. The van der Waals surface area contributed by atoms with Gasteiger partial charge in [0.2, 0.25) is 0 Å². The summed E-state index contributed by atoms with van der Waals surface area (Å²) in [4.78, 5) is 21.7. The van der Waals surface area contributed by atoms with E-state index in [2.05, 4.69) is 10.6 Å². The quantitative estimate of drug-likeness (QED) is 0.477. The molecule has 1 aliphatic carbocycles. The Hall–Kier alpha value is -1.30. The number of nitrogens with one attached hydrogen (secondary N) is 2. The lowest BCUT2D eigenvalue weighted by atomic mass is 10.2. The summed E-state index contributed by atoms with van der Waals surface area (Å²) in [7, 11) is 0. The number of carboxylic acid groups (broad SMARTS) is 1.